The second-order valence-corrected chi connectivity index (χ2v) is 7.33. The molecule has 134 valence electrons. The maximum Gasteiger partial charge on any atom is 0.270 e. The molecule has 1 aromatic carbocycles. The number of thiophene rings is 1. The molecule has 1 aliphatic rings. The summed E-state index contributed by atoms with van der Waals surface area (Å²) in [5.74, 6) is 0.244. The molecule has 2 N–H and O–H groups in total. The van der Waals surface area contributed by atoms with Crippen LogP contribution in [-0.4, -0.2) is 25.0 Å². The molecule has 0 aliphatic heterocycles. The number of nitro benzene ring substituents is 1. The number of nitrogens with zero attached hydrogens (tertiary/aromatic N) is 5. The summed E-state index contributed by atoms with van der Waals surface area (Å²) < 4.78 is 0. The molecule has 0 amide bonds. The molecule has 27 heavy (non-hydrogen) atoms. The molecule has 3 aromatic heterocycles. The molecule has 9 nitrogen and oxygen atoms in total. The Balaban J connectivity index is 1.64. The van der Waals surface area contributed by atoms with Gasteiger partial charge in [0, 0.05) is 22.4 Å². The molecule has 4 aromatic rings. The van der Waals surface area contributed by atoms with E-state index in [1.807, 2.05) is 0 Å². The third-order valence-corrected chi connectivity index (χ3v) is 5.87. The number of aromatic amines is 1. The molecule has 0 saturated carbocycles. The number of nitro groups is 1. The van der Waals surface area contributed by atoms with E-state index in [0.29, 0.717) is 16.7 Å². The Morgan fingerprint density at radius 1 is 1.26 bits per heavy atom. The van der Waals surface area contributed by atoms with Crippen LogP contribution in [0.1, 0.15) is 16.9 Å². The van der Waals surface area contributed by atoms with Gasteiger partial charge in [-0.25, -0.2) is 9.97 Å². The van der Waals surface area contributed by atoms with Gasteiger partial charge in [0.25, 0.3) is 5.69 Å². The molecule has 0 radical (unpaired) electrons. The van der Waals surface area contributed by atoms with Gasteiger partial charge < -0.3 is 10.1 Å². The molecular formula is C17H12N6O3S. The van der Waals surface area contributed by atoms with E-state index in [2.05, 4.69) is 25.2 Å². The van der Waals surface area contributed by atoms with Crippen LogP contribution >= 0.6 is 11.3 Å². The number of hydrogen-bond donors (Lipinski definition) is 2. The fraction of sp³-hybridized carbons (Fsp3) is 0.176. The van der Waals surface area contributed by atoms with Gasteiger partial charge in [0.05, 0.1) is 15.8 Å². The number of aryl methyl sites for hydroxylation is 2. The quantitative estimate of drug-likeness (QED) is 0.302. The Kier molecular flexibility index (Phi) is 3.41. The predicted molar refractivity (Wildman–Crippen MR) is 100 cm³/mol. The summed E-state index contributed by atoms with van der Waals surface area (Å²) in [5, 5.41) is 30.9. The Morgan fingerprint density at radius 2 is 2.15 bits per heavy atom. The number of azo groups is 1. The molecule has 0 bridgehead atoms. The van der Waals surface area contributed by atoms with E-state index in [0.717, 1.165) is 29.5 Å². The highest BCUT2D eigenvalue weighted by Gasteiger charge is 2.21. The van der Waals surface area contributed by atoms with Gasteiger partial charge >= 0.3 is 0 Å². The van der Waals surface area contributed by atoms with Crippen LogP contribution in [-0.2, 0) is 12.8 Å². The Hall–Kier alpha value is -3.40. The first-order valence-corrected chi connectivity index (χ1v) is 9.09. The zero-order valence-electron chi connectivity index (χ0n) is 13.8. The van der Waals surface area contributed by atoms with Crippen molar-refractivity contribution in [2.45, 2.75) is 19.3 Å². The summed E-state index contributed by atoms with van der Waals surface area (Å²) in [4.78, 5) is 24.0. The number of aromatic nitrogens is 3. The largest absolute Gasteiger partial charge is 0.493 e. The topological polar surface area (TPSA) is 130 Å². The van der Waals surface area contributed by atoms with Gasteiger partial charge in [-0.2, -0.15) is 0 Å². The molecule has 0 unspecified atom stereocenters. The van der Waals surface area contributed by atoms with Gasteiger partial charge in [0.2, 0.25) is 5.88 Å². The van der Waals surface area contributed by atoms with Crippen molar-refractivity contribution in [3.8, 4) is 5.88 Å². The highest BCUT2D eigenvalue weighted by molar-refractivity contribution is 7.19. The summed E-state index contributed by atoms with van der Waals surface area (Å²) in [6.07, 6.45) is 4.56. The van der Waals surface area contributed by atoms with Gasteiger partial charge in [-0.1, -0.05) is 0 Å². The van der Waals surface area contributed by atoms with Gasteiger partial charge in [-0.05, 0) is 30.9 Å². The third-order valence-electron chi connectivity index (χ3n) is 4.67. The van der Waals surface area contributed by atoms with Gasteiger partial charge in [-0.3, -0.25) is 10.1 Å². The SMILES string of the molecule is O=[N+]([O-])c1ccc2[nH]c(O)c(N=Nc3ncnc4sc5c(c34)CCC5)c2c1. The third kappa shape index (κ3) is 2.45. The van der Waals surface area contributed by atoms with Crippen molar-refractivity contribution >= 4 is 49.6 Å². The number of rotatable bonds is 3. The first kappa shape index (κ1) is 15.8. The summed E-state index contributed by atoms with van der Waals surface area (Å²) in [5.41, 5.74) is 1.82. The summed E-state index contributed by atoms with van der Waals surface area (Å²) >= 11 is 1.65. The minimum atomic E-state index is -0.493. The zero-order chi connectivity index (χ0) is 18.5. The van der Waals surface area contributed by atoms with Crippen LogP contribution in [0.15, 0.2) is 34.8 Å². The van der Waals surface area contributed by atoms with Crippen LogP contribution in [0.5, 0.6) is 5.88 Å². The van der Waals surface area contributed by atoms with Crippen LogP contribution in [0.2, 0.25) is 0 Å². The van der Waals surface area contributed by atoms with Crippen molar-refractivity contribution in [2.24, 2.45) is 10.2 Å². The minimum absolute atomic E-state index is 0.0852. The van der Waals surface area contributed by atoms with Gasteiger partial charge in [0.15, 0.2) is 11.5 Å². The first-order chi connectivity index (χ1) is 13.1. The lowest BCUT2D eigenvalue weighted by Crippen LogP contribution is -1.86. The van der Waals surface area contributed by atoms with Crippen LogP contribution in [0.4, 0.5) is 17.2 Å². The number of non-ortho nitro benzene ring substituents is 1. The lowest BCUT2D eigenvalue weighted by molar-refractivity contribution is -0.384. The molecule has 3 heterocycles. The number of nitrogens with one attached hydrogen (secondary N) is 1. The van der Waals surface area contributed by atoms with Crippen LogP contribution in [0.3, 0.4) is 0 Å². The van der Waals surface area contributed by atoms with Crippen LogP contribution in [0, 0.1) is 10.1 Å². The maximum atomic E-state index is 11.0. The second kappa shape index (κ2) is 5.81. The molecule has 0 spiro atoms. The van der Waals surface area contributed by atoms with E-state index in [1.165, 1.54) is 35.0 Å². The van der Waals surface area contributed by atoms with Gasteiger partial charge in [0.1, 0.15) is 11.2 Å². The second-order valence-electron chi connectivity index (χ2n) is 6.24. The lowest BCUT2D eigenvalue weighted by atomic mass is 10.2. The summed E-state index contributed by atoms with van der Waals surface area (Å²) in [6, 6.07) is 4.25. The van der Waals surface area contributed by atoms with Crippen LogP contribution < -0.4 is 0 Å². The molecule has 10 heteroatoms. The summed E-state index contributed by atoms with van der Waals surface area (Å²) in [7, 11) is 0. The fourth-order valence-electron chi connectivity index (χ4n) is 3.45. The summed E-state index contributed by atoms with van der Waals surface area (Å²) in [6.45, 7) is 0. The molecular weight excluding hydrogens is 368 g/mol. The van der Waals surface area contributed by atoms with E-state index >= 15 is 0 Å². The normalized spacial score (nSPS) is 13.8. The highest BCUT2D eigenvalue weighted by Crippen LogP contribution is 2.42. The van der Waals surface area contributed by atoms with E-state index < -0.39 is 4.92 Å². The standard InChI is InChI=1S/C17H12N6O3S/c24-16-14(10-6-8(23(25)26)4-5-11(10)20-16)21-22-15-13-9-2-1-3-12(9)27-17(13)19-7-18-15/h4-7,20,24H,1-3H2. The van der Waals surface area contributed by atoms with E-state index in [1.54, 1.807) is 11.3 Å². The number of hydrogen-bond acceptors (Lipinski definition) is 8. The smallest absolute Gasteiger partial charge is 0.270 e. The number of fused-ring (bicyclic) bond motifs is 4. The van der Waals surface area contributed by atoms with Crippen molar-refractivity contribution in [1.29, 1.82) is 0 Å². The average molecular weight is 380 g/mol. The lowest BCUT2D eigenvalue weighted by Gasteiger charge is -1.97. The molecule has 5 rings (SSSR count). The maximum absolute atomic E-state index is 11.0. The van der Waals surface area contributed by atoms with Gasteiger partial charge in [-0.15, -0.1) is 21.6 Å². The highest BCUT2D eigenvalue weighted by atomic mass is 32.1. The first-order valence-electron chi connectivity index (χ1n) is 8.28. The zero-order valence-corrected chi connectivity index (χ0v) is 14.7. The minimum Gasteiger partial charge on any atom is -0.493 e. The van der Waals surface area contributed by atoms with Crippen molar-refractivity contribution in [1.82, 2.24) is 15.0 Å². The van der Waals surface area contributed by atoms with Crippen molar-refractivity contribution in [3.63, 3.8) is 0 Å². The Bertz CT molecular complexity index is 1260. The Labute approximate surface area is 155 Å². The van der Waals surface area contributed by atoms with Crippen molar-refractivity contribution < 1.29 is 10.0 Å². The molecule has 0 saturated heterocycles. The fourth-order valence-corrected chi connectivity index (χ4v) is 4.67. The predicted octanol–water partition coefficient (Wildman–Crippen LogP) is 4.69. The molecule has 0 fully saturated rings. The van der Waals surface area contributed by atoms with Crippen molar-refractivity contribution in [3.05, 3.63) is 45.1 Å². The number of benzene rings is 1. The molecule has 0 atom stereocenters. The van der Waals surface area contributed by atoms with E-state index in [4.69, 9.17) is 0 Å². The number of H-pyrrole nitrogens is 1. The van der Waals surface area contributed by atoms with E-state index in [9.17, 15) is 15.2 Å². The number of aromatic hydroxyl groups is 1. The van der Waals surface area contributed by atoms with Crippen molar-refractivity contribution in [2.75, 3.05) is 0 Å². The monoisotopic (exact) mass is 380 g/mol. The molecule has 1 aliphatic carbocycles. The van der Waals surface area contributed by atoms with Crippen LogP contribution in [0.25, 0.3) is 21.1 Å². The average Bonchev–Trinajstić information content (AvgIpc) is 3.31. The van der Waals surface area contributed by atoms with E-state index in [-0.39, 0.29) is 17.3 Å². The Morgan fingerprint density at radius 3 is 3.00 bits per heavy atom.